The molecule has 0 saturated carbocycles. The fraction of sp³-hybridized carbons (Fsp3) is 0.417. The van der Waals surface area contributed by atoms with Gasteiger partial charge in [-0.05, 0) is 19.8 Å². The quantitative estimate of drug-likeness (QED) is 0.651. The number of carbonyl (C=O) groups excluding carboxylic acids is 1. The summed E-state index contributed by atoms with van der Waals surface area (Å²) in [7, 11) is 0. The van der Waals surface area contributed by atoms with E-state index in [1.165, 1.54) is 4.90 Å². The number of likely N-dealkylation sites (tertiary alicyclic amines) is 1. The Morgan fingerprint density at radius 1 is 1.55 bits per heavy atom. The van der Waals surface area contributed by atoms with Crippen LogP contribution in [0.25, 0.3) is 0 Å². The van der Waals surface area contributed by atoms with E-state index in [9.17, 15) is 19.7 Å². The molecule has 1 atom stereocenters. The van der Waals surface area contributed by atoms with E-state index in [1.807, 2.05) is 0 Å². The van der Waals surface area contributed by atoms with Crippen molar-refractivity contribution in [2.75, 3.05) is 6.54 Å². The molecule has 1 aliphatic rings. The van der Waals surface area contributed by atoms with E-state index in [2.05, 4.69) is 4.98 Å². The third-order valence-corrected chi connectivity index (χ3v) is 3.31. The summed E-state index contributed by atoms with van der Waals surface area (Å²) in [5, 5.41) is 19.8. The second-order valence-corrected chi connectivity index (χ2v) is 4.58. The van der Waals surface area contributed by atoms with E-state index < -0.39 is 22.8 Å². The Balaban J connectivity index is 2.35. The van der Waals surface area contributed by atoms with Crippen molar-refractivity contribution in [3.63, 3.8) is 0 Å². The standard InChI is InChI=1S/C12H13N3O5/c1-7-9(5-8(6-13-7)15(19)20)11(16)14-4-2-3-10(14)12(17)18/h5-6,10H,2-4H2,1H3,(H,17,18)/t10-/m0/s1. The number of pyridine rings is 1. The van der Waals surface area contributed by atoms with Crippen LogP contribution < -0.4 is 0 Å². The van der Waals surface area contributed by atoms with E-state index in [0.717, 1.165) is 12.3 Å². The maximum atomic E-state index is 12.4. The Labute approximate surface area is 114 Å². The average Bonchev–Trinajstić information content (AvgIpc) is 2.87. The van der Waals surface area contributed by atoms with E-state index >= 15 is 0 Å². The first-order valence-electron chi connectivity index (χ1n) is 6.06. The first kappa shape index (κ1) is 13.9. The molecule has 1 fully saturated rings. The molecule has 1 saturated heterocycles. The van der Waals surface area contributed by atoms with Crippen molar-refractivity contribution in [3.8, 4) is 0 Å². The van der Waals surface area contributed by atoms with Gasteiger partial charge in [0.25, 0.3) is 11.6 Å². The van der Waals surface area contributed by atoms with Gasteiger partial charge in [-0.1, -0.05) is 0 Å². The third kappa shape index (κ3) is 2.44. The van der Waals surface area contributed by atoms with E-state index in [1.54, 1.807) is 6.92 Å². The van der Waals surface area contributed by atoms with E-state index in [4.69, 9.17) is 5.11 Å². The zero-order chi connectivity index (χ0) is 14.9. The van der Waals surface area contributed by atoms with Crippen molar-refractivity contribution in [1.29, 1.82) is 0 Å². The van der Waals surface area contributed by atoms with Crippen LogP contribution in [-0.2, 0) is 4.79 Å². The summed E-state index contributed by atoms with van der Waals surface area (Å²) in [6.07, 6.45) is 2.07. The van der Waals surface area contributed by atoms with Gasteiger partial charge in [0.2, 0.25) is 0 Å². The number of amides is 1. The van der Waals surface area contributed by atoms with Crippen molar-refractivity contribution < 1.29 is 19.6 Å². The summed E-state index contributed by atoms with van der Waals surface area (Å²) in [5.74, 6) is -1.59. The highest BCUT2D eigenvalue weighted by Crippen LogP contribution is 2.23. The van der Waals surface area contributed by atoms with Crippen molar-refractivity contribution in [2.45, 2.75) is 25.8 Å². The van der Waals surface area contributed by atoms with Crippen LogP contribution in [0.5, 0.6) is 0 Å². The fourth-order valence-electron chi connectivity index (χ4n) is 2.26. The maximum absolute atomic E-state index is 12.4. The third-order valence-electron chi connectivity index (χ3n) is 3.31. The number of aryl methyl sites for hydroxylation is 1. The molecular formula is C12H13N3O5. The number of carboxylic acid groups (broad SMARTS) is 1. The Bertz CT molecular complexity index is 586. The monoisotopic (exact) mass is 279 g/mol. The minimum Gasteiger partial charge on any atom is -0.480 e. The van der Waals surface area contributed by atoms with Gasteiger partial charge >= 0.3 is 5.97 Å². The Morgan fingerprint density at radius 2 is 2.25 bits per heavy atom. The summed E-state index contributed by atoms with van der Waals surface area (Å²) in [4.78, 5) is 38.6. The summed E-state index contributed by atoms with van der Waals surface area (Å²) in [5.41, 5.74) is 0.133. The molecule has 1 N–H and O–H groups in total. The summed E-state index contributed by atoms with van der Waals surface area (Å²) >= 11 is 0. The molecule has 2 rings (SSSR count). The predicted molar refractivity (Wildman–Crippen MR) is 67.3 cm³/mol. The number of aliphatic carboxylic acids is 1. The van der Waals surface area contributed by atoms with Gasteiger partial charge in [0.05, 0.1) is 16.2 Å². The van der Waals surface area contributed by atoms with Crippen molar-refractivity contribution in [1.82, 2.24) is 9.88 Å². The second-order valence-electron chi connectivity index (χ2n) is 4.58. The number of carbonyl (C=O) groups is 2. The van der Waals surface area contributed by atoms with Crippen LogP contribution in [0.1, 0.15) is 28.9 Å². The lowest BCUT2D eigenvalue weighted by atomic mass is 10.1. The minimum atomic E-state index is -1.06. The van der Waals surface area contributed by atoms with Crippen molar-refractivity contribution in [2.24, 2.45) is 0 Å². The molecule has 0 bridgehead atoms. The highest BCUT2D eigenvalue weighted by atomic mass is 16.6. The second kappa shape index (κ2) is 5.24. The molecule has 8 heteroatoms. The van der Waals surface area contributed by atoms with Crippen LogP contribution in [0.4, 0.5) is 5.69 Å². The maximum Gasteiger partial charge on any atom is 0.326 e. The van der Waals surface area contributed by atoms with Crippen LogP contribution in [-0.4, -0.2) is 44.4 Å². The Hall–Kier alpha value is -2.51. The lowest BCUT2D eigenvalue weighted by Crippen LogP contribution is -2.40. The van der Waals surface area contributed by atoms with E-state index in [-0.39, 0.29) is 11.3 Å². The lowest BCUT2D eigenvalue weighted by Gasteiger charge is -2.21. The molecule has 0 unspecified atom stereocenters. The summed E-state index contributed by atoms with van der Waals surface area (Å²) < 4.78 is 0. The van der Waals surface area contributed by atoms with Gasteiger partial charge in [-0.25, -0.2) is 4.79 Å². The molecule has 106 valence electrons. The summed E-state index contributed by atoms with van der Waals surface area (Å²) in [6, 6.07) is 0.267. The number of aromatic nitrogens is 1. The highest BCUT2D eigenvalue weighted by molar-refractivity contribution is 5.98. The first-order valence-corrected chi connectivity index (χ1v) is 6.06. The van der Waals surface area contributed by atoms with Gasteiger partial charge in [-0.15, -0.1) is 0 Å². The average molecular weight is 279 g/mol. The van der Waals surface area contributed by atoms with Crippen LogP contribution in [0, 0.1) is 17.0 Å². The molecular weight excluding hydrogens is 266 g/mol. The van der Waals surface area contributed by atoms with Crippen molar-refractivity contribution in [3.05, 3.63) is 33.6 Å². The molecule has 8 nitrogen and oxygen atoms in total. The van der Waals surface area contributed by atoms with Gasteiger partial charge in [-0.2, -0.15) is 0 Å². The van der Waals surface area contributed by atoms with Crippen LogP contribution in [0.3, 0.4) is 0 Å². The van der Waals surface area contributed by atoms with E-state index in [0.29, 0.717) is 25.1 Å². The molecule has 20 heavy (non-hydrogen) atoms. The molecule has 1 aromatic heterocycles. The number of hydrogen-bond donors (Lipinski definition) is 1. The molecule has 1 aromatic rings. The normalized spacial score (nSPS) is 18.1. The van der Waals surface area contributed by atoms with Crippen LogP contribution in [0.15, 0.2) is 12.3 Å². The molecule has 2 heterocycles. The Kier molecular flexibility index (Phi) is 3.64. The topological polar surface area (TPSA) is 114 Å². The molecule has 0 aromatic carbocycles. The van der Waals surface area contributed by atoms with Gasteiger partial charge in [0, 0.05) is 12.6 Å². The zero-order valence-corrected chi connectivity index (χ0v) is 10.8. The fourth-order valence-corrected chi connectivity index (χ4v) is 2.26. The molecule has 1 amide bonds. The number of nitrogens with zero attached hydrogens (tertiary/aromatic N) is 3. The number of rotatable bonds is 3. The van der Waals surface area contributed by atoms with Gasteiger partial charge < -0.3 is 10.0 Å². The first-order chi connectivity index (χ1) is 9.41. The van der Waals surface area contributed by atoms with Gasteiger partial charge in [0.15, 0.2) is 0 Å². The van der Waals surface area contributed by atoms with Crippen LogP contribution in [0.2, 0.25) is 0 Å². The SMILES string of the molecule is Cc1ncc([N+](=O)[O-])cc1C(=O)N1CCC[C@H]1C(=O)O. The zero-order valence-electron chi connectivity index (χ0n) is 10.8. The number of hydrogen-bond acceptors (Lipinski definition) is 5. The van der Waals surface area contributed by atoms with Gasteiger partial charge in [-0.3, -0.25) is 19.9 Å². The lowest BCUT2D eigenvalue weighted by molar-refractivity contribution is -0.385. The van der Waals surface area contributed by atoms with Crippen LogP contribution >= 0.6 is 0 Å². The number of nitro groups is 1. The van der Waals surface area contributed by atoms with Gasteiger partial charge in [0.1, 0.15) is 12.2 Å². The predicted octanol–water partition coefficient (Wildman–Crippen LogP) is 0.987. The molecule has 0 radical (unpaired) electrons. The molecule has 0 aliphatic carbocycles. The molecule has 0 spiro atoms. The summed E-state index contributed by atoms with van der Waals surface area (Å²) in [6.45, 7) is 1.89. The van der Waals surface area contributed by atoms with Crippen molar-refractivity contribution >= 4 is 17.6 Å². The minimum absolute atomic E-state index is 0.0763. The molecule has 1 aliphatic heterocycles. The highest BCUT2D eigenvalue weighted by Gasteiger charge is 2.35. The smallest absolute Gasteiger partial charge is 0.326 e. The number of carboxylic acids is 1. The largest absolute Gasteiger partial charge is 0.480 e. The Morgan fingerprint density at radius 3 is 2.85 bits per heavy atom.